The number of carbonyl (C=O) groups is 6. The van der Waals surface area contributed by atoms with E-state index in [2.05, 4.69) is 21.3 Å². The number of carboxylic acid groups (broad SMARTS) is 1. The molecule has 44 heavy (non-hydrogen) atoms. The van der Waals surface area contributed by atoms with E-state index in [0.29, 0.717) is 11.1 Å². The van der Waals surface area contributed by atoms with E-state index in [-0.39, 0.29) is 18.5 Å². The summed E-state index contributed by atoms with van der Waals surface area (Å²) in [5, 5.41) is 19.5. The summed E-state index contributed by atoms with van der Waals surface area (Å²) in [6.07, 6.45) is 0.169. The number of hydrogen-bond acceptors (Lipinski definition) is 6. The molecule has 0 aliphatic carbocycles. The molecule has 0 radical (unpaired) electrons. The van der Waals surface area contributed by atoms with Gasteiger partial charge in [-0.2, -0.15) is 0 Å². The lowest BCUT2D eigenvalue weighted by Crippen LogP contribution is -2.57. The molecule has 3 atom stereocenters. The predicted molar refractivity (Wildman–Crippen MR) is 162 cm³/mol. The Morgan fingerprint density at radius 2 is 1.27 bits per heavy atom. The van der Waals surface area contributed by atoms with Crippen LogP contribution >= 0.6 is 0 Å². The van der Waals surface area contributed by atoms with Crippen LogP contribution in [-0.2, 0) is 32.1 Å². The highest BCUT2D eigenvalue weighted by atomic mass is 16.4. The topological polar surface area (TPSA) is 171 Å². The van der Waals surface area contributed by atoms with Gasteiger partial charge in [-0.15, -0.1) is 0 Å². The first kappa shape index (κ1) is 33.2. The molecule has 3 aromatic carbocycles. The normalized spacial score (nSPS) is 12.7. The monoisotopic (exact) mass is 600 g/mol. The fourth-order valence-corrected chi connectivity index (χ4v) is 4.31. The van der Waals surface area contributed by atoms with E-state index in [0.717, 1.165) is 5.56 Å². The highest BCUT2D eigenvalue weighted by Gasteiger charge is 2.32. The first-order valence-electron chi connectivity index (χ1n) is 14.1. The molecule has 0 heterocycles. The maximum absolute atomic E-state index is 13.3. The van der Waals surface area contributed by atoms with E-state index >= 15 is 0 Å². The van der Waals surface area contributed by atoms with Crippen molar-refractivity contribution in [3.63, 3.8) is 0 Å². The number of amides is 4. The second-order valence-corrected chi connectivity index (χ2v) is 10.6. The third-order valence-electron chi connectivity index (χ3n) is 6.79. The van der Waals surface area contributed by atoms with Crippen molar-refractivity contribution < 1.29 is 33.9 Å². The van der Waals surface area contributed by atoms with Gasteiger partial charge in [0, 0.05) is 18.5 Å². The third kappa shape index (κ3) is 9.62. The van der Waals surface area contributed by atoms with Gasteiger partial charge in [-0.3, -0.25) is 24.0 Å². The summed E-state index contributed by atoms with van der Waals surface area (Å²) in [5.74, 6) is -5.18. The second kappa shape index (κ2) is 15.8. The summed E-state index contributed by atoms with van der Waals surface area (Å²) in [6, 6.07) is 20.1. The summed E-state index contributed by atoms with van der Waals surface area (Å²) in [4.78, 5) is 76.0. The number of rotatable bonds is 14. The Bertz CT molecular complexity index is 1490. The molecule has 0 saturated heterocycles. The van der Waals surface area contributed by atoms with Crippen molar-refractivity contribution in [2.45, 2.75) is 51.9 Å². The Balaban J connectivity index is 1.64. The molecular formula is C33H36N4O7. The average Bonchev–Trinajstić information content (AvgIpc) is 3.02. The molecule has 0 bridgehead atoms. The molecule has 0 saturated carbocycles. The Morgan fingerprint density at radius 3 is 1.89 bits per heavy atom. The molecule has 230 valence electrons. The van der Waals surface area contributed by atoms with E-state index in [1.165, 1.54) is 25.1 Å². The molecule has 4 amide bonds. The minimum atomic E-state index is -1.19. The Kier molecular flexibility index (Phi) is 11.9. The maximum atomic E-state index is 13.3. The van der Waals surface area contributed by atoms with Crippen LogP contribution in [0.5, 0.6) is 0 Å². The lowest BCUT2D eigenvalue weighted by molar-refractivity contribution is -0.141. The fraction of sp³-hybridized carbons (Fsp3) is 0.273. The van der Waals surface area contributed by atoms with Crippen molar-refractivity contribution in [1.29, 1.82) is 0 Å². The van der Waals surface area contributed by atoms with E-state index in [1.807, 2.05) is 30.3 Å². The molecule has 11 nitrogen and oxygen atoms in total. The second-order valence-electron chi connectivity index (χ2n) is 10.6. The Labute approximate surface area is 255 Å². The van der Waals surface area contributed by atoms with Crippen molar-refractivity contribution in [2.75, 3.05) is 0 Å². The van der Waals surface area contributed by atoms with Gasteiger partial charge in [0.15, 0.2) is 0 Å². The molecule has 0 aromatic heterocycles. The number of hydrogen-bond donors (Lipinski definition) is 5. The SMILES string of the molecule is CC(NC(=O)C(Cc1ccccc1)NC(=O)c1ccccc1)C(=O)NC(C(=O)C(=O)NCc1cccc(C(=O)O)c1)C(C)C. The number of aromatic carboxylic acids is 1. The number of nitrogens with one attached hydrogen (secondary N) is 4. The maximum Gasteiger partial charge on any atom is 0.335 e. The van der Waals surface area contributed by atoms with Gasteiger partial charge in [-0.05, 0) is 48.2 Å². The highest BCUT2D eigenvalue weighted by Crippen LogP contribution is 2.09. The molecule has 0 aliphatic heterocycles. The van der Waals surface area contributed by atoms with Crippen molar-refractivity contribution >= 4 is 35.4 Å². The van der Waals surface area contributed by atoms with Gasteiger partial charge in [-0.1, -0.05) is 74.5 Å². The van der Waals surface area contributed by atoms with Gasteiger partial charge >= 0.3 is 5.97 Å². The van der Waals surface area contributed by atoms with Gasteiger partial charge in [0.05, 0.1) is 11.6 Å². The van der Waals surface area contributed by atoms with Crippen LogP contribution in [0.15, 0.2) is 84.9 Å². The van der Waals surface area contributed by atoms with Gasteiger partial charge < -0.3 is 26.4 Å². The van der Waals surface area contributed by atoms with E-state index in [9.17, 15) is 28.8 Å². The van der Waals surface area contributed by atoms with E-state index < -0.39 is 59.4 Å². The molecule has 5 N–H and O–H groups in total. The molecule has 3 rings (SSSR count). The molecule has 0 fully saturated rings. The summed E-state index contributed by atoms with van der Waals surface area (Å²) in [5.41, 5.74) is 1.69. The zero-order valence-corrected chi connectivity index (χ0v) is 24.7. The molecule has 3 unspecified atom stereocenters. The van der Waals surface area contributed by atoms with Crippen LogP contribution in [0.3, 0.4) is 0 Å². The zero-order valence-electron chi connectivity index (χ0n) is 24.7. The highest BCUT2D eigenvalue weighted by molar-refractivity contribution is 6.38. The first-order chi connectivity index (χ1) is 21.0. The molecular weight excluding hydrogens is 564 g/mol. The lowest BCUT2D eigenvalue weighted by atomic mass is 9.98. The molecule has 3 aromatic rings. The smallest absolute Gasteiger partial charge is 0.335 e. The minimum Gasteiger partial charge on any atom is -0.478 e. The standard InChI is InChI=1S/C33H36N4O7/c1-20(2)27(28(38)32(42)34-19-23-13-10-16-25(17-23)33(43)44)37-29(39)21(3)35-31(41)26(18-22-11-6-4-7-12-22)36-30(40)24-14-8-5-9-15-24/h4-17,20-21,26-27H,18-19H2,1-3H3,(H,34,42)(H,35,41)(H,36,40)(H,37,39)(H,43,44). The number of carbonyl (C=O) groups excluding carboxylic acids is 5. The van der Waals surface area contributed by atoms with Crippen LogP contribution in [0, 0.1) is 5.92 Å². The van der Waals surface area contributed by atoms with Crippen LogP contribution in [0.25, 0.3) is 0 Å². The summed E-state index contributed by atoms with van der Waals surface area (Å²) in [6.45, 7) is 4.66. The molecule has 11 heteroatoms. The van der Waals surface area contributed by atoms with E-state index in [4.69, 9.17) is 5.11 Å². The predicted octanol–water partition coefficient (Wildman–Crippen LogP) is 2.26. The third-order valence-corrected chi connectivity index (χ3v) is 6.79. The Hall–Kier alpha value is -5.32. The van der Waals surface area contributed by atoms with Crippen molar-refractivity contribution in [1.82, 2.24) is 21.3 Å². The zero-order chi connectivity index (χ0) is 32.2. The lowest BCUT2D eigenvalue weighted by Gasteiger charge is -2.25. The quantitative estimate of drug-likeness (QED) is 0.177. The van der Waals surface area contributed by atoms with E-state index in [1.54, 1.807) is 50.2 Å². The number of Topliss-reactive ketones (excluding diaryl/α,β-unsaturated/α-hetero) is 1. The first-order valence-corrected chi connectivity index (χ1v) is 14.1. The average molecular weight is 601 g/mol. The van der Waals surface area contributed by atoms with Crippen LogP contribution < -0.4 is 21.3 Å². The molecule has 0 aliphatic rings. The summed E-state index contributed by atoms with van der Waals surface area (Å²) < 4.78 is 0. The van der Waals surface area contributed by atoms with Gasteiger partial charge in [0.1, 0.15) is 12.1 Å². The summed E-state index contributed by atoms with van der Waals surface area (Å²) >= 11 is 0. The van der Waals surface area contributed by atoms with Crippen molar-refractivity contribution in [2.24, 2.45) is 5.92 Å². The van der Waals surface area contributed by atoms with Gasteiger partial charge in [0.25, 0.3) is 11.8 Å². The minimum absolute atomic E-state index is 0.0390. The van der Waals surface area contributed by atoms with Gasteiger partial charge in [-0.25, -0.2) is 4.79 Å². The Morgan fingerprint density at radius 1 is 0.682 bits per heavy atom. The van der Waals surface area contributed by atoms with Crippen LogP contribution in [0.2, 0.25) is 0 Å². The number of benzene rings is 3. The summed E-state index contributed by atoms with van der Waals surface area (Å²) in [7, 11) is 0. The van der Waals surface area contributed by atoms with Crippen molar-refractivity contribution in [3.05, 3.63) is 107 Å². The van der Waals surface area contributed by atoms with Gasteiger partial charge in [0.2, 0.25) is 17.6 Å². The van der Waals surface area contributed by atoms with Crippen molar-refractivity contribution in [3.8, 4) is 0 Å². The number of carboxylic acids is 1. The van der Waals surface area contributed by atoms with Crippen LogP contribution in [0.1, 0.15) is 52.6 Å². The van der Waals surface area contributed by atoms with Crippen LogP contribution in [-0.4, -0.2) is 58.6 Å². The fourth-order valence-electron chi connectivity index (χ4n) is 4.31. The largest absolute Gasteiger partial charge is 0.478 e. The number of ketones is 1. The van der Waals surface area contributed by atoms with Crippen LogP contribution in [0.4, 0.5) is 0 Å². The molecule has 0 spiro atoms.